The normalized spacial score (nSPS) is 20.4. The number of nitrogens with zero attached hydrogens (tertiary/aromatic N) is 3. The molecule has 2 aromatic heterocycles. The zero-order chi connectivity index (χ0) is 15.1. The van der Waals surface area contributed by atoms with Crippen molar-refractivity contribution < 1.29 is 4.42 Å². The molecule has 0 bridgehead atoms. The molecule has 3 aromatic rings. The molecule has 112 valence electrons. The van der Waals surface area contributed by atoms with Crippen molar-refractivity contribution in [3.8, 4) is 0 Å². The van der Waals surface area contributed by atoms with Crippen LogP contribution in [0, 0.1) is 0 Å². The molecule has 3 heterocycles. The standard InChI is InChI=1S/C15H14ClN5O/c16-10-5-2-1-4-9(10)11-8-12(13-6-3-7-22-13)21-15(18-11)19-14(17)20-21/h1-7,11-12H,8H2,(H3,17,18,19,20)/t11-,12+/m0/s1. The number of rotatable bonds is 2. The van der Waals surface area contributed by atoms with Crippen LogP contribution in [0.2, 0.25) is 5.02 Å². The summed E-state index contributed by atoms with van der Waals surface area (Å²) in [6.07, 6.45) is 2.40. The molecule has 0 fully saturated rings. The molecule has 2 atom stereocenters. The lowest BCUT2D eigenvalue weighted by Crippen LogP contribution is -2.28. The fourth-order valence-electron chi connectivity index (χ4n) is 2.87. The van der Waals surface area contributed by atoms with Crippen molar-refractivity contribution in [3.05, 3.63) is 59.0 Å². The number of nitrogen functional groups attached to an aromatic ring is 1. The van der Waals surface area contributed by atoms with Gasteiger partial charge in [0.2, 0.25) is 11.9 Å². The number of furan rings is 1. The summed E-state index contributed by atoms with van der Waals surface area (Å²) in [6.45, 7) is 0. The predicted octanol–water partition coefficient (Wildman–Crippen LogP) is 3.25. The minimum absolute atomic E-state index is 0.0138. The number of halogens is 1. The van der Waals surface area contributed by atoms with Crippen LogP contribution in [0.4, 0.5) is 11.9 Å². The van der Waals surface area contributed by atoms with E-state index in [2.05, 4.69) is 15.4 Å². The molecule has 0 radical (unpaired) electrons. The fraction of sp³-hybridized carbons (Fsp3) is 0.200. The molecule has 1 aliphatic heterocycles. The zero-order valence-electron chi connectivity index (χ0n) is 11.6. The maximum absolute atomic E-state index is 6.33. The topological polar surface area (TPSA) is 81.9 Å². The highest BCUT2D eigenvalue weighted by atomic mass is 35.5. The molecule has 7 heteroatoms. The molecule has 3 N–H and O–H groups in total. The number of hydrogen-bond acceptors (Lipinski definition) is 5. The van der Waals surface area contributed by atoms with E-state index in [-0.39, 0.29) is 18.0 Å². The minimum atomic E-state index is -0.0719. The van der Waals surface area contributed by atoms with Gasteiger partial charge >= 0.3 is 0 Å². The van der Waals surface area contributed by atoms with Gasteiger partial charge in [-0.05, 0) is 23.8 Å². The number of nitrogens with two attached hydrogens (primary N) is 1. The van der Waals surface area contributed by atoms with E-state index in [0.717, 1.165) is 22.8 Å². The van der Waals surface area contributed by atoms with E-state index >= 15 is 0 Å². The second-order valence-electron chi connectivity index (χ2n) is 5.22. The number of anilines is 2. The van der Waals surface area contributed by atoms with Crippen molar-refractivity contribution in [3.63, 3.8) is 0 Å². The van der Waals surface area contributed by atoms with Gasteiger partial charge in [0.1, 0.15) is 11.8 Å². The van der Waals surface area contributed by atoms with Gasteiger partial charge in [-0.25, -0.2) is 4.68 Å². The van der Waals surface area contributed by atoms with E-state index in [1.807, 2.05) is 36.4 Å². The smallest absolute Gasteiger partial charge is 0.241 e. The number of nitrogens with one attached hydrogen (secondary N) is 1. The first kappa shape index (κ1) is 13.2. The summed E-state index contributed by atoms with van der Waals surface area (Å²) in [7, 11) is 0. The number of hydrogen-bond donors (Lipinski definition) is 2. The first-order valence-electron chi connectivity index (χ1n) is 6.99. The summed E-state index contributed by atoms with van der Waals surface area (Å²) in [4.78, 5) is 4.25. The molecular weight excluding hydrogens is 302 g/mol. The summed E-state index contributed by atoms with van der Waals surface area (Å²) in [5.74, 6) is 1.68. The number of fused-ring (bicyclic) bond motifs is 1. The number of benzene rings is 1. The Morgan fingerprint density at radius 1 is 1.27 bits per heavy atom. The Morgan fingerprint density at radius 3 is 2.91 bits per heavy atom. The van der Waals surface area contributed by atoms with Crippen LogP contribution in [0.5, 0.6) is 0 Å². The van der Waals surface area contributed by atoms with E-state index in [4.69, 9.17) is 21.8 Å². The molecule has 0 saturated heterocycles. The molecule has 1 aromatic carbocycles. The van der Waals surface area contributed by atoms with E-state index in [9.17, 15) is 0 Å². The third-order valence-corrected chi connectivity index (χ3v) is 4.20. The first-order valence-corrected chi connectivity index (χ1v) is 7.36. The molecule has 0 saturated carbocycles. The van der Waals surface area contributed by atoms with E-state index in [0.29, 0.717) is 5.95 Å². The largest absolute Gasteiger partial charge is 0.467 e. The van der Waals surface area contributed by atoms with Gasteiger partial charge in [0, 0.05) is 11.4 Å². The maximum Gasteiger partial charge on any atom is 0.241 e. The third-order valence-electron chi connectivity index (χ3n) is 3.86. The third kappa shape index (κ3) is 2.12. The van der Waals surface area contributed by atoms with Gasteiger partial charge in [-0.2, -0.15) is 4.98 Å². The van der Waals surface area contributed by atoms with Gasteiger partial charge in [0.15, 0.2) is 0 Å². The summed E-state index contributed by atoms with van der Waals surface area (Å²) in [5, 5.41) is 8.34. The lowest BCUT2D eigenvalue weighted by Gasteiger charge is -2.30. The second-order valence-corrected chi connectivity index (χ2v) is 5.63. The van der Waals surface area contributed by atoms with Crippen molar-refractivity contribution in [2.45, 2.75) is 18.5 Å². The number of aromatic nitrogens is 3. The van der Waals surface area contributed by atoms with Crippen LogP contribution in [0.3, 0.4) is 0 Å². The van der Waals surface area contributed by atoms with Crippen LogP contribution >= 0.6 is 11.6 Å². The van der Waals surface area contributed by atoms with Crippen molar-refractivity contribution in [2.24, 2.45) is 0 Å². The minimum Gasteiger partial charge on any atom is -0.467 e. The zero-order valence-corrected chi connectivity index (χ0v) is 12.4. The Kier molecular flexibility index (Phi) is 3.04. The average Bonchev–Trinajstić information content (AvgIpc) is 3.14. The summed E-state index contributed by atoms with van der Waals surface area (Å²) < 4.78 is 7.33. The summed E-state index contributed by atoms with van der Waals surface area (Å²) in [6, 6.07) is 11.5. The highest BCUT2D eigenvalue weighted by Crippen LogP contribution is 2.39. The van der Waals surface area contributed by atoms with Gasteiger partial charge in [-0.15, -0.1) is 5.10 Å². The average molecular weight is 316 g/mol. The van der Waals surface area contributed by atoms with Crippen LogP contribution in [-0.2, 0) is 0 Å². The summed E-state index contributed by atoms with van der Waals surface area (Å²) >= 11 is 6.33. The van der Waals surface area contributed by atoms with Crippen molar-refractivity contribution in [1.82, 2.24) is 14.8 Å². The Balaban J connectivity index is 1.78. The molecule has 22 heavy (non-hydrogen) atoms. The molecule has 6 nitrogen and oxygen atoms in total. The first-order chi connectivity index (χ1) is 10.7. The molecule has 4 rings (SSSR count). The summed E-state index contributed by atoms with van der Waals surface area (Å²) in [5.41, 5.74) is 6.77. The van der Waals surface area contributed by atoms with Gasteiger partial charge in [0.05, 0.1) is 12.3 Å². The highest BCUT2D eigenvalue weighted by Gasteiger charge is 2.33. The van der Waals surface area contributed by atoms with Crippen LogP contribution < -0.4 is 11.1 Å². The molecule has 0 spiro atoms. The second kappa shape index (κ2) is 5.06. The fourth-order valence-corrected chi connectivity index (χ4v) is 3.14. The lowest BCUT2D eigenvalue weighted by atomic mass is 9.96. The Labute approximate surface area is 131 Å². The van der Waals surface area contributed by atoms with Crippen LogP contribution in [0.1, 0.15) is 29.8 Å². The predicted molar refractivity (Wildman–Crippen MR) is 83.7 cm³/mol. The monoisotopic (exact) mass is 315 g/mol. The molecular formula is C15H14ClN5O. The van der Waals surface area contributed by atoms with Crippen LogP contribution in [0.15, 0.2) is 47.1 Å². The Bertz CT molecular complexity index is 798. The SMILES string of the molecule is Nc1nc2n(n1)[C@@H](c1ccco1)C[C@@H](c1ccccc1Cl)N2. The molecule has 0 unspecified atom stereocenters. The molecule has 0 aliphatic carbocycles. The van der Waals surface area contributed by atoms with Gasteiger partial charge in [0.25, 0.3) is 0 Å². The Morgan fingerprint density at radius 2 is 2.14 bits per heavy atom. The van der Waals surface area contributed by atoms with Gasteiger partial charge in [-0.3, -0.25) is 0 Å². The van der Waals surface area contributed by atoms with Gasteiger partial charge in [-0.1, -0.05) is 29.8 Å². The van der Waals surface area contributed by atoms with E-state index in [1.165, 1.54) is 0 Å². The van der Waals surface area contributed by atoms with Crippen molar-refractivity contribution in [1.29, 1.82) is 0 Å². The molecule has 0 amide bonds. The van der Waals surface area contributed by atoms with Crippen molar-refractivity contribution >= 4 is 23.5 Å². The van der Waals surface area contributed by atoms with E-state index in [1.54, 1.807) is 10.9 Å². The van der Waals surface area contributed by atoms with Gasteiger partial charge < -0.3 is 15.5 Å². The van der Waals surface area contributed by atoms with Crippen molar-refractivity contribution in [2.75, 3.05) is 11.1 Å². The van der Waals surface area contributed by atoms with E-state index < -0.39 is 0 Å². The van der Waals surface area contributed by atoms with Crippen LogP contribution in [0.25, 0.3) is 0 Å². The molecule has 1 aliphatic rings. The Hall–Kier alpha value is -2.47. The lowest BCUT2D eigenvalue weighted by molar-refractivity contribution is 0.359. The maximum atomic E-state index is 6.33. The quantitative estimate of drug-likeness (QED) is 0.758. The highest BCUT2D eigenvalue weighted by molar-refractivity contribution is 6.31. The van der Waals surface area contributed by atoms with Crippen LogP contribution in [-0.4, -0.2) is 14.8 Å².